The molecule has 138 valence electrons. The normalized spacial score (nSPS) is 11.6. The molecule has 1 atom stereocenters. The molecule has 1 aromatic carbocycles. The van der Waals surface area contributed by atoms with E-state index in [4.69, 9.17) is 4.74 Å². The number of pyridine rings is 1. The number of carbonyl (C=O) groups is 2. The Kier molecular flexibility index (Phi) is 8.43. The maximum Gasteiger partial charge on any atom is 0.408 e. The van der Waals surface area contributed by atoms with Crippen molar-refractivity contribution in [1.82, 2.24) is 10.3 Å². The van der Waals surface area contributed by atoms with Crippen LogP contribution in [0.5, 0.6) is 0 Å². The highest BCUT2D eigenvalue weighted by molar-refractivity contribution is 9.10. The second-order valence-electron chi connectivity index (χ2n) is 5.41. The maximum atomic E-state index is 11.8. The maximum absolute atomic E-state index is 11.8. The number of carboxylic acid groups (broad SMARTS) is 1. The van der Waals surface area contributed by atoms with E-state index < -0.39 is 18.1 Å². The van der Waals surface area contributed by atoms with Crippen LogP contribution in [0.1, 0.15) is 17.7 Å². The SMILES string of the molecule is O=C(NC(CCSCc1ccc(Br)cn1)C(=O)O)OCc1ccccc1. The largest absolute Gasteiger partial charge is 0.480 e. The number of hydrogen-bond donors (Lipinski definition) is 2. The third-order valence-electron chi connectivity index (χ3n) is 3.39. The van der Waals surface area contributed by atoms with E-state index in [1.807, 2.05) is 42.5 Å². The lowest BCUT2D eigenvalue weighted by Crippen LogP contribution is -2.41. The van der Waals surface area contributed by atoms with Gasteiger partial charge >= 0.3 is 12.1 Å². The number of halogens is 1. The van der Waals surface area contributed by atoms with Gasteiger partial charge < -0.3 is 15.2 Å². The molecule has 0 saturated heterocycles. The molecule has 1 aromatic heterocycles. The summed E-state index contributed by atoms with van der Waals surface area (Å²) in [5, 5.41) is 11.7. The predicted molar refractivity (Wildman–Crippen MR) is 104 cm³/mol. The first-order valence-corrected chi connectivity index (χ1v) is 9.87. The number of aromatic nitrogens is 1. The lowest BCUT2D eigenvalue weighted by atomic mass is 10.2. The zero-order chi connectivity index (χ0) is 18.8. The molecular formula is C18H19BrN2O4S. The minimum absolute atomic E-state index is 0.100. The second kappa shape index (κ2) is 10.8. The van der Waals surface area contributed by atoms with Crippen molar-refractivity contribution >= 4 is 39.8 Å². The molecule has 8 heteroatoms. The van der Waals surface area contributed by atoms with Crippen LogP contribution in [0.4, 0.5) is 4.79 Å². The Morgan fingerprint density at radius 1 is 1.23 bits per heavy atom. The van der Waals surface area contributed by atoms with Crippen LogP contribution in [0, 0.1) is 0 Å². The molecule has 0 saturated carbocycles. The van der Waals surface area contributed by atoms with Crippen LogP contribution in [-0.2, 0) is 21.9 Å². The number of nitrogens with zero attached hydrogens (tertiary/aromatic N) is 1. The quantitative estimate of drug-likeness (QED) is 0.578. The van der Waals surface area contributed by atoms with Gasteiger partial charge in [-0.2, -0.15) is 11.8 Å². The topological polar surface area (TPSA) is 88.5 Å². The number of carboxylic acids is 1. The van der Waals surface area contributed by atoms with Crippen molar-refractivity contribution in [2.75, 3.05) is 5.75 Å². The first-order chi connectivity index (χ1) is 12.5. The molecule has 2 N–H and O–H groups in total. The number of benzene rings is 1. The van der Waals surface area contributed by atoms with Crippen molar-refractivity contribution in [2.45, 2.75) is 24.8 Å². The Balaban J connectivity index is 1.71. The fraction of sp³-hybridized carbons (Fsp3) is 0.278. The van der Waals surface area contributed by atoms with E-state index in [9.17, 15) is 14.7 Å². The third kappa shape index (κ3) is 7.45. The van der Waals surface area contributed by atoms with Gasteiger partial charge in [0.25, 0.3) is 0 Å². The monoisotopic (exact) mass is 438 g/mol. The van der Waals surface area contributed by atoms with E-state index in [1.165, 1.54) is 0 Å². The Labute approximate surface area is 164 Å². The van der Waals surface area contributed by atoms with Crippen LogP contribution in [0.2, 0.25) is 0 Å². The molecule has 1 unspecified atom stereocenters. The summed E-state index contributed by atoms with van der Waals surface area (Å²) in [6, 6.07) is 12.0. The lowest BCUT2D eigenvalue weighted by Gasteiger charge is -2.14. The average Bonchev–Trinajstić information content (AvgIpc) is 2.64. The highest BCUT2D eigenvalue weighted by Crippen LogP contribution is 2.15. The smallest absolute Gasteiger partial charge is 0.408 e. The number of ether oxygens (including phenoxy) is 1. The number of aliphatic carboxylic acids is 1. The van der Waals surface area contributed by atoms with Gasteiger partial charge in [-0.1, -0.05) is 30.3 Å². The zero-order valence-electron chi connectivity index (χ0n) is 13.9. The van der Waals surface area contributed by atoms with Gasteiger partial charge in [0.2, 0.25) is 0 Å². The Morgan fingerprint density at radius 3 is 2.65 bits per heavy atom. The van der Waals surface area contributed by atoms with Crippen molar-refractivity contribution in [2.24, 2.45) is 0 Å². The zero-order valence-corrected chi connectivity index (χ0v) is 16.3. The summed E-state index contributed by atoms with van der Waals surface area (Å²) in [6.45, 7) is 0.100. The molecule has 0 radical (unpaired) electrons. The minimum atomic E-state index is -1.08. The number of nitrogens with one attached hydrogen (secondary N) is 1. The molecule has 0 bridgehead atoms. The summed E-state index contributed by atoms with van der Waals surface area (Å²) in [7, 11) is 0. The summed E-state index contributed by atoms with van der Waals surface area (Å²) in [4.78, 5) is 27.4. The molecule has 26 heavy (non-hydrogen) atoms. The molecule has 6 nitrogen and oxygen atoms in total. The van der Waals surface area contributed by atoms with Gasteiger partial charge in [-0.25, -0.2) is 9.59 Å². The summed E-state index contributed by atoms with van der Waals surface area (Å²) < 4.78 is 5.97. The summed E-state index contributed by atoms with van der Waals surface area (Å²) in [5.74, 6) is 0.176. The number of carbonyl (C=O) groups excluding carboxylic acids is 1. The van der Waals surface area contributed by atoms with E-state index in [-0.39, 0.29) is 6.61 Å². The minimum Gasteiger partial charge on any atom is -0.480 e. The van der Waals surface area contributed by atoms with Gasteiger partial charge in [0.05, 0.1) is 5.69 Å². The average molecular weight is 439 g/mol. The van der Waals surface area contributed by atoms with Crippen LogP contribution in [0.3, 0.4) is 0 Å². The molecule has 0 spiro atoms. The molecule has 2 aromatic rings. The summed E-state index contributed by atoms with van der Waals surface area (Å²) in [6.07, 6.45) is 1.29. The molecule has 1 heterocycles. The van der Waals surface area contributed by atoms with Crippen molar-refractivity contribution in [3.05, 3.63) is 64.4 Å². The van der Waals surface area contributed by atoms with Crippen LogP contribution in [0.25, 0.3) is 0 Å². The van der Waals surface area contributed by atoms with E-state index in [0.29, 0.717) is 17.9 Å². The molecular weight excluding hydrogens is 420 g/mol. The van der Waals surface area contributed by atoms with Gasteiger partial charge in [-0.3, -0.25) is 4.98 Å². The molecule has 0 aliphatic rings. The van der Waals surface area contributed by atoms with E-state index in [2.05, 4.69) is 26.2 Å². The van der Waals surface area contributed by atoms with Gasteiger partial charge in [0.1, 0.15) is 12.6 Å². The van der Waals surface area contributed by atoms with E-state index in [1.54, 1.807) is 18.0 Å². The van der Waals surface area contributed by atoms with E-state index in [0.717, 1.165) is 15.7 Å². The molecule has 1 amide bonds. The van der Waals surface area contributed by atoms with Crippen molar-refractivity contribution in [3.8, 4) is 0 Å². The van der Waals surface area contributed by atoms with Crippen LogP contribution >= 0.6 is 27.7 Å². The second-order valence-corrected chi connectivity index (χ2v) is 7.43. The first kappa shape index (κ1) is 20.3. The molecule has 0 aliphatic heterocycles. The van der Waals surface area contributed by atoms with Crippen LogP contribution < -0.4 is 5.32 Å². The number of rotatable bonds is 9. The fourth-order valence-electron chi connectivity index (χ4n) is 2.03. The van der Waals surface area contributed by atoms with Crippen molar-refractivity contribution < 1.29 is 19.4 Å². The Bertz CT molecular complexity index is 713. The standard InChI is InChI=1S/C18H19BrN2O4S/c19-14-6-7-15(20-10-14)12-26-9-8-16(17(22)23)21-18(24)25-11-13-4-2-1-3-5-13/h1-7,10,16H,8-9,11-12H2,(H,21,24)(H,22,23). The molecule has 2 rings (SSSR count). The predicted octanol–water partition coefficient (Wildman–Crippen LogP) is 3.85. The third-order valence-corrected chi connectivity index (χ3v) is 4.89. The number of thioether (sulfide) groups is 1. The van der Waals surface area contributed by atoms with E-state index >= 15 is 0 Å². The van der Waals surface area contributed by atoms with Gasteiger partial charge in [0, 0.05) is 16.4 Å². The number of alkyl carbamates (subject to hydrolysis) is 1. The first-order valence-electron chi connectivity index (χ1n) is 7.93. The number of hydrogen-bond acceptors (Lipinski definition) is 5. The van der Waals surface area contributed by atoms with Crippen LogP contribution in [0.15, 0.2) is 53.1 Å². The lowest BCUT2D eigenvalue weighted by molar-refractivity contribution is -0.139. The molecule has 0 aliphatic carbocycles. The Hall–Kier alpha value is -2.06. The number of amides is 1. The van der Waals surface area contributed by atoms with Gasteiger partial charge in [0.15, 0.2) is 0 Å². The summed E-state index contributed by atoms with van der Waals surface area (Å²) >= 11 is 4.89. The highest BCUT2D eigenvalue weighted by atomic mass is 79.9. The Morgan fingerprint density at radius 2 is 2.00 bits per heavy atom. The highest BCUT2D eigenvalue weighted by Gasteiger charge is 2.20. The summed E-state index contributed by atoms with van der Waals surface area (Å²) in [5.41, 5.74) is 1.76. The molecule has 0 fully saturated rings. The van der Waals surface area contributed by atoms with Gasteiger partial charge in [-0.05, 0) is 45.8 Å². The van der Waals surface area contributed by atoms with Crippen molar-refractivity contribution in [3.63, 3.8) is 0 Å². The van der Waals surface area contributed by atoms with Crippen LogP contribution in [-0.4, -0.2) is 33.9 Å². The van der Waals surface area contributed by atoms with Crippen molar-refractivity contribution in [1.29, 1.82) is 0 Å². The van der Waals surface area contributed by atoms with Gasteiger partial charge in [-0.15, -0.1) is 0 Å². The fourth-order valence-corrected chi connectivity index (χ4v) is 3.20.